The van der Waals surface area contributed by atoms with E-state index in [1.165, 1.54) is 0 Å². The van der Waals surface area contributed by atoms with E-state index >= 15 is 0 Å². The van der Waals surface area contributed by atoms with Crippen LogP contribution in [0.3, 0.4) is 0 Å². The van der Waals surface area contributed by atoms with Gasteiger partial charge < -0.3 is 29.0 Å². The topological polar surface area (TPSA) is 130 Å². The van der Waals surface area contributed by atoms with Crippen molar-refractivity contribution < 1.29 is 29.0 Å². The van der Waals surface area contributed by atoms with Crippen LogP contribution in [-0.4, -0.2) is 77.9 Å². The van der Waals surface area contributed by atoms with Gasteiger partial charge in [-0.15, -0.1) is 30.9 Å². The Labute approximate surface area is 139 Å². The van der Waals surface area contributed by atoms with Crippen molar-refractivity contribution in [3.63, 3.8) is 0 Å². The van der Waals surface area contributed by atoms with Gasteiger partial charge in [-0.1, -0.05) is 0 Å². The number of oxime groups is 6. The van der Waals surface area contributed by atoms with Gasteiger partial charge in [-0.05, 0) is 0 Å². The standard InChI is InChI=1S/C12H20N6O6/c1-13-19-7-9(21-15-3)11(23-17-5)12(24-18-6)10(22-16-4)8-20-14-2/h9-12H,1-8H2. The second-order valence-electron chi connectivity index (χ2n) is 3.79. The fourth-order valence-corrected chi connectivity index (χ4v) is 1.67. The van der Waals surface area contributed by atoms with Gasteiger partial charge >= 0.3 is 0 Å². The van der Waals surface area contributed by atoms with Crippen LogP contribution in [0.4, 0.5) is 0 Å². The van der Waals surface area contributed by atoms with Gasteiger partial charge in [-0.25, -0.2) is 0 Å². The Hall–Kier alpha value is -3.18. The molecule has 0 heterocycles. The minimum absolute atomic E-state index is 0.130. The van der Waals surface area contributed by atoms with Gasteiger partial charge in [0.25, 0.3) is 0 Å². The van der Waals surface area contributed by atoms with Crippen molar-refractivity contribution in [2.45, 2.75) is 24.4 Å². The van der Waals surface area contributed by atoms with Gasteiger partial charge in [0, 0.05) is 40.3 Å². The summed E-state index contributed by atoms with van der Waals surface area (Å²) in [5.41, 5.74) is 0. The first-order valence-corrected chi connectivity index (χ1v) is 6.33. The molecule has 0 N–H and O–H groups in total. The normalized spacial score (nSPS) is 14.5. The highest BCUT2D eigenvalue weighted by molar-refractivity contribution is 5.23. The summed E-state index contributed by atoms with van der Waals surface area (Å²) in [5.74, 6) is 0. The Morgan fingerprint density at radius 2 is 0.833 bits per heavy atom. The lowest BCUT2D eigenvalue weighted by Gasteiger charge is -2.30. The molecule has 0 spiro atoms. The van der Waals surface area contributed by atoms with Crippen LogP contribution in [-0.2, 0) is 29.0 Å². The van der Waals surface area contributed by atoms with Gasteiger partial charge in [-0.3, -0.25) is 0 Å². The highest BCUT2D eigenvalue weighted by Crippen LogP contribution is 2.20. The summed E-state index contributed by atoms with van der Waals surface area (Å²) in [6.45, 7) is 19.1. The number of rotatable bonds is 17. The van der Waals surface area contributed by atoms with Gasteiger partial charge in [-0.2, -0.15) is 0 Å². The molecule has 0 saturated carbocycles. The third-order valence-electron chi connectivity index (χ3n) is 2.53. The lowest BCUT2D eigenvalue weighted by molar-refractivity contribution is -0.196. The maximum atomic E-state index is 5.18. The Bertz CT molecular complexity index is 385. The molecule has 4 atom stereocenters. The summed E-state index contributed by atoms with van der Waals surface area (Å²) in [6.07, 6.45) is -3.84. The molecule has 0 aliphatic rings. The predicted octanol–water partition coefficient (Wildman–Crippen LogP) is 0.254. The second-order valence-corrected chi connectivity index (χ2v) is 3.79. The van der Waals surface area contributed by atoms with E-state index in [0.29, 0.717) is 0 Å². The minimum atomic E-state index is -1.01. The predicted molar refractivity (Wildman–Crippen MR) is 88.7 cm³/mol. The molecule has 0 aliphatic carbocycles. The van der Waals surface area contributed by atoms with E-state index in [2.05, 4.69) is 71.2 Å². The van der Waals surface area contributed by atoms with Crippen LogP contribution in [0.1, 0.15) is 0 Å². The van der Waals surface area contributed by atoms with E-state index in [0.717, 1.165) is 0 Å². The SMILES string of the molecule is C=NOCC(ON=C)C(ON=C)C(ON=C)C(CON=C)ON=C. The van der Waals surface area contributed by atoms with Crippen molar-refractivity contribution in [3.05, 3.63) is 0 Å². The Morgan fingerprint density at radius 1 is 0.500 bits per heavy atom. The summed E-state index contributed by atoms with van der Waals surface area (Å²) in [5, 5.41) is 19.9. The number of hydrogen-bond donors (Lipinski definition) is 0. The highest BCUT2D eigenvalue weighted by Gasteiger charge is 2.44. The molecule has 0 rings (SSSR count). The zero-order valence-corrected chi connectivity index (χ0v) is 13.1. The molecule has 0 aromatic carbocycles. The maximum absolute atomic E-state index is 5.18. The van der Waals surface area contributed by atoms with E-state index in [1.54, 1.807) is 0 Å². The minimum Gasteiger partial charge on any atom is -0.392 e. The first kappa shape index (κ1) is 20.8. The Kier molecular flexibility index (Phi) is 11.7. The molecule has 24 heavy (non-hydrogen) atoms. The molecular weight excluding hydrogens is 324 g/mol. The molecule has 0 aromatic heterocycles. The Balaban J connectivity index is 5.52. The molecular formula is C12H20N6O6. The van der Waals surface area contributed by atoms with Crippen molar-refractivity contribution in [2.24, 2.45) is 30.9 Å². The lowest BCUT2D eigenvalue weighted by Crippen LogP contribution is -2.50. The average molecular weight is 344 g/mol. The second kappa shape index (κ2) is 13.5. The monoisotopic (exact) mass is 344 g/mol. The van der Waals surface area contributed by atoms with Crippen LogP contribution in [0.5, 0.6) is 0 Å². The van der Waals surface area contributed by atoms with Crippen LogP contribution in [0, 0.1) is 0 Å². The molecule has 12 heteroatoms. The van der Waals surface area contributed by atoms with Gasteiger partial charge in [0.2, 0.25) is 24.4 Å². The maximum Gasteiger partial charge on any atom is 0.213 e. The summed E-state index contributed by atoms with van der Waals surface area (Å²) < 4.78 is 0. The summed E-state index contributed by atoms with van der Waals surface area (Å²) in [6, 6.07) is 0. The molecule has 0 amide bonds. The van der Waals surface area contributed by atoms with Crippen LogP contribution in [0.25, 0.3) is 0 Å². The first-order chi connectivity index (χ1) is 11.7. The van der Waals surface area contributed by atoms with Crippen LogP contribution in [0.2, 0.25) is 0 Å². The molecule has 0 bridgehead atoms. The molecule has 12 nitrogen and oxygen atoms in total. The smallest absolute Gasteiger partial charge is 0.213 e. The lowest BCUT2D eigenvalue weighted by atomic mass is 10.0. The van der Waals surface area contributed by atoms with Crippen molar-refractivity contribution in [1.82, 2.24) is 0 Å². The van der Waals surface area contributed by atoms with Crippen molar-refractivity contribution in [2.75, 3.05) is 13.2 Å². The molecule has 0 aromatic rings. The molecule has 0 fully saturated rings. The zero-order chi connectivity index (χ0) is 18.2. The summed E-state index contributed by atoms with van der Waals surface area (Å²) >= 11 is 0. The van der Waals surface area contributed by atoms with Crippen molar-refractivity contribution >= 4 is 40.3 Å². The van der Waals surface area contributed by atoms with E-state index in [-0.39, 0.29) is 13.2 Å². The number of hydrogen-bond acceptors (Lipinski definition) is 12. The third kappa shape index (κ3) is 7.20. The highest BCUT2D eigenvalue weighted by atomic mass is 16.7. The summed E-state index contributed by atoms with van der Waals surface area (Å²) in [7, 11) is 0. The Morgan fingerprint density at radius 3 is 1.08 bits per heavy atom. The van der Waals surface area contributed by atoms with Crippen LogP contribution >= 0.6 is 0 Å². The molecule has 0 aliphatic heterocycles. The third-order valence-corrected chi connectivity index (χ3v) is 2.53. The molecule has 4 unspecified atom stereocenters. The van der Waals surface area contributed by atoms with E-state index in [4.69, 9.17) is 29.0 Å². The van der Waals surface area contributed by atoms with Crippen molar-refractivity contribution in [1.29, 1.82) is 0 Å². The largest absolute Gasteiger partial charge is 0.392 e. The first-order valence-electron chi connectivity index (χ1n) is 6.33. The number of nitrogens with zero attached hydrogens (tertiary/aromatic N) is 6. The van der Waals surface area contributed by atoms with Gasteiger partial charge in [0.1, 0.15) is 0 Å². The summed E-state index contributed by atoms with van der Waals surface area (Å²) in [4.78, 5) is 30.2. The quantitative estimate of drug-likeness (QED) is 0.275. The van der Waals surface area contributed by atoms with E-state index < -0.39 is 24.4 Å². The molecule has 0 saturated heterocycles. The average Bonchev–Trinajstić information content (AvgIpc) is 2.59. The van der Waals surface area contributed by atoms with Gasteiger partial charge in [0.15, 0.2) is 13.2 Å². The fraction of sp³-hybridized carbons (Fsp3) is 0.500. The van der Waals surface area contributed by atoms with Crippen LogP contribution in [0.15, 0.2) is 30.9 Å². The van der Waals surface area contributed by atoms with Crippen molar-refractivity contribution in [3.8, 4) is 0 Å². The fourth-order valence-electron chi connectivity index (χ4n) is 1.67. The van der Waals surface area contributed by atoms with E-state index in [1.807, 2.05) is 0 Å². The molecule has 134 valence electrons. The van der Waals surface area contributed by atoms with E-state index in [9.17, 15) is 0 Å². The van der Waals surface area contributed by atoms with Gasteiger partial charge in [0.05, 0.1) is 0 Å². The molecule has 0 radical (unpaired) electrons. The zero-order valence-electron chi connectivity index (χ0n) is 13.1. The van der Waals surface area contributed by atoms with Crippen LogP contribution < -0.4 is 0 Å².